The van der Waals surface area contributed by atoms with E-state index in [9.17, 15) is 4.79 Å². The Balaban J connectivity index is -0.0000000465. The number of carboxylic acid groups (broad SMARTS) is 2. The summed E-state index contributed by atoms with van der Waals surface area (Å²) in [5.74, 6) is -1.81. The zero-order valence-electron chi connectivity index (χ0n) is 7.28. The quantitative estimate of drug-likeness (QED) is 0.491. The third-order valence-electron chi connectivity index (χ3n) is 0.175. The van der Waals surface area contributed by atoms with Crippen molar-refractivity contribution < 1.29 is 19.8 Å². The highest BCUT2D eigenvalue weighted by atomic mass is 16.4. The molecule has 4 nitrogen and oxygen atoms in total. The van der Waals surface area contributed by atoms with E-state index in [1.807, 2.05) is 6.92 Å². The molecule has 2 N–H and O–H groups in total. The van der Waals surface area contributed by atoms with Crippen molar-refractivity contribution in [1.29, 1.82) is 0 Å². The Morgan fingerprint density at radius 1 is 1.23 bits per heavy atom. The maximum Gasteiger partial charge on any atom is 0.327 e. The van der Waals surface area contributed by atoms with Gasteiger partial charge in [-0.05, 0) is 6.92 Å². The minimum atomic E-state index is -0.981. The molecule has 0 saturated heterocycles. The lowest BCUT2D eigenvalue weighted by molar-refractivity contribution is -0.134. The van der Waals surface area contributed by atoms with E-state index in [-0.39, 0.29) is 7.43 Å². The van der Waals surface area contributed by atoms with Gasteiger partial charge in [-0.15, -0.1) is 6.58 Å². The van der Waals surface area contributed by atoms with Crippen LogP contribution in [0.1, 0.15) is 21.3 Å². The van der Waals surface area contributed by atoms with E-state index < -0.39 is 11.9 Å². The fraction of sp³-hybridized carbons (Fsp3) is 0.333. The molecular weight excluding hydrogens is 172 g/mol. The maximum absolute atomic E-state index is 9.25. The summed E-state index contributed by atoms with van der Waals surface area (Å²) < 4.78 is 0. The van der Waals surface area contributed by atoms with Gasteiger partial charge in [0.2, 0.25) is 0 Å². The Hall–Kier alpha value is -1.58. The third-order valence-corrected chi connectivity index (χ3v) is 0.175. The fourth-order valence-corrected chi connectivity index (χ4v) is 0. The zero-order valence-corrected chi connectivity index (χ0v) is 7.28. The number of aliphatic carboxylic acids is 2. The summed E-state index contributed by atoms with van der Waals surface area (Å²) in [6, 6.07) is 0. The molecule has 0 aromatic heterocycles. The molecule has 0 unspecified atom stereocenters. The van der Waals surface area contributed by atoms with Crippen LogP contribution in [0.15, 0.2) is 25.3 Å². The summed E-state index contributed by atoms with van der Waals surface area (Å²) in [6.07, 6.45) is 2.58. The first-order valence-electron chi connectivity index (χ1n) is 3.04. The smallest absolute Gasteiger partial charge is 0.327 e. The van der Waals surface area contributed by atoms with E-state index in [1.54, 1.807) is 6.08 Å². The van der Waals surface area contributed by atoms with E-state index in [0.29, 0.717) is 0 Å². The molecule has 0 radical (unpaired) electrons. The Kier molecular flexibility index (Phi) is 38.9. The van der Waals surface area contributed by atoms with Gasteiger partial charge in [0, 0.05) is 13.0 Å². The van der Waals surface area contributed by atoms with Crippen LogP contribution in [0.3, 0.4) is 0 Å². The van der Waals surface area contributed by atoms with Crippen molar-refractivity contribution in [3.63, 3.8) is 0 Å². The summed E-state index contributed by atoms with van der Waals surface area (Å²) in [7, 11) is 0. The van der Waals surface area contributed by atoms with Gasteiger partial charge in [0.25, 0.3) is 5.97 Å². The van der Waals surface area contributed by atoms with Crippen molar-refractivity contribution in [2.24, 2.45) is 0 Å². The standard InChI is InChI=1S/C3H4O2.C3H6.C2H4O2.CH4/c1-2-3(4)5;1-3-2;1-2(3)4;/h2H,1H2,(H,4,5);3H,1H2,2H3;1H3,(H,3,4);1H4. The Morgan fingerprint density at radius 2 is 1.31 bits per heavy atom. The average molecular weight is 190 g/mol. The largest absolute Gasteiger partial charge is 0.481 e. The Labute approximate surface area is 79.2 Å². The molecule has 0 aromatic carbocycles. The summed E-state index contributed by atoms with van der Waals surface area (Å²) in [6.45, 7) is 9.29. The van der Waals surface area contributed by atoms with Crippen LogP contribution in [0.5, 0.6) is 0 Å². The molecule has 0 heterocycles. The number of allylic oxidation sites excluding steroid dienone is 1. The highest BCUT2D eigenvalue weighted by Crippen LogP contribution is 1.54. The highest BCUT2D eigenvalue weighted by Gasteiger charge is 1.73. The second-order valence-corrected chi connectivity index (χ2v) is 1.47. The third kappa shape index (κ3) is 4190. The number of rotatable bonds is 1. The van der Waals surface area contributed by atoms with Crippen LogP contribution in [0.25, 0.3) is 0 Å². The molecule has 0 aliphatic carbocycles. The molecule has 0 fully saturated rings. The normalized spacial score (nSPS) is 5.38. The van der Waals surface area contributed by atoms with Gasteiger partial charge in [-0.1, -0.05) is 20.1 Å². The fourth-order valence-electron chi connectivity index (χ4n) is 0. The lowest BCUT2D eigenvalue weighted by atomic mass is 10.7. The van der Waals surface area contributed by atoms with E-state index in [4.69, 9.17) is 15.0 Å². The molecular formula is C9H18O4. The second-order valence-electron chi connectivity index (χ2n) is 1.47. The van der Waals surface area contributed by atoms with Crippen LogP contribution in [-0.4, -0.2) is 22.2 Å². The van der Waals surface area contributed by atoms with Gasteiger partial charge in [0.05, 0.1) is 0 Å². The van der Waals surface area contributed by atoms with Crippen LogP contribution in [-0.2, 0) is 9.59 Å². The Morgan fingerprint density at radius 3 is 1.31 bits per heavy atom. The molecule has 0 atom stereocenters. The van der Waals surface area contributed by atoms with Gasteiger partial charge in [-0.25, -0.2) is 4.79 Å². The zero-order chi connectivity index (χ0) is 10.6. The number of hydrogen-bond acceptors (Lipinski definition) is 2. The van der Waals surface area contributed by atoms with Crippen molar-refractivity contribution in [3.05, 3.63) is 25.3 Å². The van der Waals surface area contributed by atoms with Crippen LogP contribution in [0.2, 0.25) is 0 Å². The minimum Gasteiger partial charge on any atom is -0.481 e. The van der Waals surface area contributed by atoms with Crippen molar-refractivity contribution in [2.75, 3.05) is 0 Å². The van der Waals surface area contributed by atoms with Crippen molar-refractivity contribution in [3.8, 4) is 0 Å². The van der Waals surface area contributed by atoms with Crippen LogP contribution >= 0.6 is 0 Å². The van der Waals surface area contributed by atoms with E-state index >= 15 is 0 Å². The molecule has 0 rings (SSSR count). The van der Waals surface area contributed by atoms with Crippen molar-refractivity contribution >= 4 is 11.9 Å². The van der Waals surface area contributed by atoms with Gasteiger partial charge in [-0.3, -0.25) is 4.79 Å². The van der Waals surface area contributed by atoms with Gasteiger partial charge in [0.15, 0.2) is 0 Å². The predicted octanol–water partition coefficient (Wildman–Crippen LogP) is 2.18. The van der Waals surface area contributed by atoms with Crippen molar-refractivity contribution in [1.82, 2.24) is 0 Å². The summed E-state index contributed by atoms with van der Waals surface area (Å²) in [5, 5.41) is 15.0. The molecule has 0 amide bonds. The lowest BCUT2D eigenvalue weighted by Crippen LogP contribution is -1.82. The van der Waals surface area contributed by atoms with Crippen LogP contribution in [0, 0.1) is 0 Å². The summed E-state index contributed by atoms with van der Waals surface area (Å²) in [4.78, 5) is 18.2. The predicted molar refractivity (Wildman–Crippen MR) is 53.7 cm³/mol. The van der Waals surface area contributed by atoms with Crippen LogP contribution < -0.4 is 0 Å². The van der Waals surface area contributed by atoms with Gasteiger partial charge >= 0.3 is 5.97 Å². The van der Waals surface area contributed by atoms with E-state index in [1.165, 1.54) is 0 Å². The first kappa shape index (κ1) is 22.5. The van der Waals surface area contributed by atoms with Gasteiger partial charge in [0.1, 0.15) is 0 Å². The highest BCUT2D eigenvalue weighted by molar-refractivity contribution is 5.78. The minimum absolute atomic E-state index is 0. The van der Waals surface area contributed by atoms with Gasteiger partial charge < -0.3 is 10.2 Å². The number of hydrogen-bond donors (Lipinski definition) is 2. The summed E-state index contributed by atoms with van der Waals surface area (Å²) in [5.41, 5.74) is 0. The molecule has 0 aliphatic rings. The molecule has 78 valence electrons. The molecule has 0 bridgehead atoms. The number of carboxylic acids is 2. The van der Waals surface area contributed by atoms with Crippen LogP contribution in [0.4, 0.5) is 0 Å². The molecule has 0 spiro atoms. The molecule has 0 saturated carbocycles. The van der Waals surface area contributed by atoms with Gasteiger partial charge in [-0.2, -0.15) is 0 Å². The molecule has 13 heavy (non-hydrogen) atoms. The lowest BCUT2D eigenvalue weighted by Gasteiger charge is -1.64. The first-order valence-corrected chi connectivity index (χ1v) is 3.04. The molecule has 0 aliphatic heterocycles. The maximum atomic E-state index is 9.25. The first-order chi connectivity index (χ1) is 5.42. The monoisotopic (exact) mass is 190 g/mol. The van der Waals surface area contributed by atoms with Crippen molar-refractivity contribution in [2.45, 2.75) is 21.3 Å². The SMILES string of the molecule is C.C=CC.C=CC(=O)O.CC(=O)O. The molecule has 0 aromatic rings. The van der Waals surface area contributed by atoms with E-state index in [0.717, 1.165) is 13.0 Å². The van der Waals surface area contributed by atoms with E-state index in [2.05, 4.69) is 13.2 Å². The second kappa shape index (κ2) is 22.4. The topological polar surface area (TPSA) is 74.6 Å². The number of carbonyl (C=O) groups is 2. The summed E-state index contributed by atoms with van der Waals surface area (Å²) >= 11 is 0. The Bertz CT molecular complexity index is 146. The average Bonchev–Trinajstić information content (AvgIpc) is 1.88. The molecule has 4 heteroatoms.